The molecule has 60 heavy (non-hydrogen) atoms. The highest BCUT2D eigenvalue weighted by Gasteiger charge is 2.19. The summed E-state index contributed by atoms with van der Waals surface area (Å²) in [6, 6.07) is 71.7. The summed E-state index contributed by atoms with van der Waals surface area (Å²) in [5.41, 5.74) is 13.1. The Bertz CT molecular complexity index is 3230. The maximum Gasteiger partial charge on any atom is 0.164 e. The zero-order valence-corrected chi connectivity index (χ0v) is 32.3. The maximum absolute atomic E-state index is 9.56. The monoisotopic (exact) mass is 766 g/mol. The first-order valence-corrected chi connectivity index (χ1v) is 19.7. The smallest absolute Gasteiger partial charge is 0.164 e. The summed E-state index contributed by atoms with van der Waals surface area (Å²) in [7, 11) is 0. The Morgan fingerprint density at radius 2 is 0.767 bits per heavy atom. The third-order valence-electron chi connectivity index (χ3n) is 10.6. The lowest BCUT2D eigenvalue weighted by atomic mass is 9.90. The van der Waals surface area contributed by atoms with Crippen molar-refractivity contribution in [3.63, 3.8) is 0 Å². The van der Waals surface area contributed by atoms with Crippen LogP contribution in [0.1, 0.15) is 5.56 Å². The topological polar surface area (TPSA) is 88.2 Å². The minimum atomic E-state index is 0.555. The molecule has 0 aliphatic carbocycles. The van der Waals surface area contributed by atoms with Crippen LogP contribution in [-0.2, 0) is 0 Å². The number of aromatic nitrogens is 5. The summed E-state index contributed by atoms with van der Waals surface area (Å²) < 4.78 is 0. The van der Waals surface area contributed by atoms with E-state index in [1.165, 1.54) is 0 Å². The van der Waals surface area contributed by atoms with Gasteiger partial charge in [-0.3, -0.25) is 0 Å². The minimum absolute atomic E-state index is 0.555. The molecule has 10 aromatic rings. The van der Waals surface area contributed by atoms with Gasteiger partial charge in [-0.1, -0.05) is 176 Å². The van der Waals surface area contributed by atoms with Crippen LogP contribution in [0.3, 0.4) is 0 Å². The van der Waals surface area contributed by atoms with Crippen LogP contribution >= 0.6 is 0 Å². The molecular formula is C54H34N6. The van der Waals surface area contributed by atoms with Crippen LogP contribution in [-0.4, -0.2) is 24.9 Å². The summed E-state index contributed by atoms with van der Waals surface area (Å²) in [4.78, 5) is 25.5. The Morgan fingerprint density at radius 1 is 0.300 bits per heavy atom. The van der Waals surface area contributed by atoms with Crippen molar-refractivity contribution in [3.05, 3.63) is 212 Å². The summed E-state index contributed by atoms with van der Waals surface area (Å²) in [5, 5.41) is 10.6. The van der Waals surface area contributed by atoms with Crippen molar-refractivity contribution in [2.24, 2.45) is 0 Å². The Labute approximate surface area is 347 Å². The third-order valence-corrected chi connectivity index (χ3v) is 10.6. The fraction of sp³-hybridized carbons (Fsp3) is 0. The third kappa shape index (κ3) is 7.08. The molecule has 0 radical (unpaired) electrons. The summed E-state index contributed by atoms with van der Waals surface area (Å²) in [5.74, 6) is 2.39. The first kappa shape index (κ1) is 36.0. The van der Waals surface area contributed by atoms with Gasteiger partial charge in [-0.15, -0.1) is 0 Å². The molecule has 0 saturated heterocycles. The first-order chi connectivity index (χ1) is 29.7. The molecule has 0 fully saturated rings. The predicted molar refractivity (Wildman–Crippen MR) is 241 cm³/mol. The fourth-order valence-corrected chi connectivity index (χ4v) is 7.68. The molecule has 6 heteroatoms. The van der Waals surface area contributed by atoms with Crippen molar-refractivity contribution in [1.29, 1.82) is 5.26 Å². The number of hydrogen-bond acceptors (Lipinski definition) is 6. The van der Waals surface area contributed by atoms with Gasteiger partial charge in [0.25, 0.3) is 0 Å². The maximum atomic E-state index is 9.56. The molecule has 0 aliphatic rings. The molecule has 0 unspecified atom stereocenters. The van der Waals surface area contributed by atoms with Crippen molar-refractivity contribution in [3.8, 4) is 96.3 Å². The standard InChI is InChI=1S/C54H34N6/c55-35-36-16-13-21-39(32-36)40-22-14-25-43(33-40)53-58-52(38-19-5-2-6-20-38)59-54(60-53)47-29-10-9-28-46(47)45-27-8-7-26-44(45)41-23-15-24-42(34-41)50-48-30-11-12-31-49(48)56-51(57-50)37-17-3-1-4-18-37/h1-34H. The van der Waals surface area contributed by atoms with E-state index in [1.807, 2.05) is 127 Å². The van der Waals surface area contributed by atoms with Gasteiger partial charge in [0, 0.05) is 33.2 Å². The number of fused-ring (bicyclic) bond motifs is 1. The van der Waals surface area contributed by atoms with E-state index in [4.69, 9.17) is 24.9 Å². The molecule has 8 aromatic carbocycles. The minimum Gasteiger partial charge on any atom is -0.228 e. The van der Waals surface area contributed by atoms with E-state index in [0.29, 0.717) is 28.9 Å². The zero-order chi connectivity index (χ0) is 40.3. The molecule has 280 valence electrons. The predicted octanol–water partition coefficient (Wildman–Crippen LogP) is 13.0. The second kappa shape index (κ2) is 15.9. The Balaban J connectivity index is 1.10. The van der Waals surface area contributed by atoms with Crippen LogP contribution in [0.5, 0.6) is 0 Å². The second-order valence-electron chi connectivity index (χ2n) is 14.4. The highest BCUT2D eigenvalue weighted by Crippen LogP contribution is 2.40. The number of nitriles is 1. The number of nitrogens with zero attached hydrogens (tertiary/aromatic N) is 6. The van der Waals surface area contributed by atoms with Crippen molar-refractivity contribution in [1.82, 2.24) is 24.9 Å². The van der Waals surface area contributed by atoms with Crippen LogP contribution < -0.4 is 0 Å². The van der Waals surface area contributed by atoms with E-state index < -0.39 is 0 Å². The summed E-state index contributed by atoms with van der Waals surface area (Å²) >= 11 is 0. The van der Waals surface area contributed by atoms with E-state index in [2.05, 4.69) is 84.9 Å². The Morgan fingerprint density at radius 3 is 1.48 bits per heavy atom. The van der Waals surface area contributed by atoms with Crippen molar-refractivity contribution in [2.45, 2.75) is 0 Å². The molecule has 0 aliphatic heterocycles. The number of rotatable bonds is 8. The van der Waals surface area contributed by atoms with Gasteiger partial charge in [-0.2, -0.15) is 5.26 Å². The van der Waals surface area contributed by atoms with Crippen molar-refractivity contribution in [2.75, 3.05) is 0 Å². The van der Waals surface area contributed by atoms with Gasteiger partial charge in [-0.25, -0.2) is 24.9 Å². The van der Waals surface area contributed by atoms with Crippen LogP contribution in [0.4, 0.5) is 0 Å². The van der Waals surface area contributed by atoms with Crippen LogP contribution in [0.2, 0.25) is 0 Å². The van der Waals surface area contributed by atoms with Gasteiger partial charge in [0.1, 0.15) is 0 Å². The van der Waals surface area contributed by atoms with E-state index >= 15 is 0 Å². The lowest BCUT2D eigenvalue weighted by Gasteiger charge is -2.16. The highest BCUT2D eigenvalue weighted by atomic mass is 15.0. The van der Waals surface area contributed by atoms with E-state index in [1.54, 1.807) is 0 Å². The Kier molecular flexibility index (Phi) is 9.51. The number of benzene rings is 8. The quantitative estimate of drug-likeness (QED) is 0.153. The van der Waals surface area contributed by atoms with Crippen LogP contribution in [0.15, 0.2) is 206 Å². The molecule has 0 spiro atoms. The van der Waals surface area contributed by atoms with Crippen LogP contribution in [0.25, 0.3) is 101 Å². The molecule has 10 rings (SSSR count). The van der Waals surface area contributed by atoms with Gasteiger partial charge in [0.15, 0.2) is 23.3 Å². The number of hydrogen-bond donors (Lipinski definition) is 0. The molecule has 0 bridgehead atoms. The zero-order valence-electron chi connectivity index (χ0n) is 32.3. The highest BCUT2D eigenvalue weighted by molar-refractivity contribution is 5.96. The van der Waals surface area contributed by atoms with Gasteiger partial charge >= 0.3 is 0 Å². The molecule has 2 aromatic heterocycles. The van der Waals surface area contributed by atoms with Crippen molar-refractivity contribution >= 4 is 10.9 Å². The van der Waals surface area contributed by atoms with Gasteiger partial charge < -0.3 is 0 Å². The molecule has 2 heterocycles. The largest absolute Gasteiger partial charge is 0.228 e. The molecular weight excluding hydrogens is 733 g/mol. The average molecular weight is 767 g/mol. The summed E-state index contributed by atoms with van der Waals surface area (Å²) in [6.45, 7) is 0. The van der Waals surface area contributed by atoms with Gasteiger partial charge in [0.2, 0.25) is 0 Å². The SMILES string of the molecule is N#Cc1cccc(-c2cccc(-c3nc(-c4ccccc4)nc(-c4ccccc4-c4ccccc4-c4cccc(-c5nc(-c6ccccc6)nc6ccccc56)c4)n3)c2)c1. The van der Waals surface area contributed by atoms with E-state index in [-0.39, 0.29) is 0 Å². The Hall–Kier alpha value is -8.40. The van der Waals surface area contributed by atoms with E-state index in [0.717, 1.165) is 77.8 Å². The molecule has 0 N–H and O–H groups in total. The molecule has 0 amide bonds. The summed E-state index contributed by atoms with van der Waals surface area (Å²) in [6.07, 6.45) is 0. The average Bonchev–Trinajstić information content (AvgIpc) is 3.34. The molecule has 6 nitrogen and oxygen atoms in total. The van der Waals surface area contributed by atoms with E-state index in [9.17, 15) is 5.26 Å². The van der Waals surface area contributed by atoms with Crippen molar-refractivity contribution < 1.29 is 0 Å². The van der Waals surface area contributed by atoms with Gasteiger partial charge in [0.05, 0.1) is 22.8 Å². The van der Waals surface area contributed by atoms with Gasteiger partial charge in [-0.05, 0) is 63.7 Å². The van der Waals surface area contributed by atoms with Crippen LogP contribution in [0, 0.1) is 11.3 Å². The lowest BCUT2D eigenvalue weighted by molar-refractivity contribution is 1.07. The lowest BCUT2D eigenvalue weighted by Crippen LogP contribution is -2.01. The second-order valence-corrected chi connectivity index (χ2v) is 14.4. The molecule has 0 saturated carbocycles. The first-order valence-electron chi connectivity index (χ1n) is 19.7. The molecule has 0 atom stereocenters. The normalized spacial score (nSPS) is 11.0. The number of para-hydroxylation sites is 1. The fourth-order valence-electron chi connectivity index (χ4n) is 7.68.